The van der Waals surface area contributed by atoms with Crippen LogP contribution in [-0.2, 0) is 0 Å². The number of rotatable bonds is 2. The molecule has 0 amide bonds. The van der Waals surface area contributed by atoms with Crippen molar-refractivity contribution in [2.75, 3.05) is 0 Å². The molecule has 1 unspecified atom stereocenters. The van der Waals surface area contributed by atoms with Crippen molar-refractivity contribution in [3.05, 3.63) is 22.9 Å². The smallest absolute Gasteiger partial charge is 0.0384 e. The van der Waals surface area contributed by atoms with Crippen LogP contribution < -0.4 is 0 Å². The summed E-state index contributed by atoms with van der Waals surface area (Å²) in [6.07, 6.45) is 7.23. The van der Waals surface area contributed by atoms with Gasteiger partial charge in [-0.3, -0.25) is 0 Å². The van der Waals surface area contributed by atoms with Crippen molar-refractivity contribution in [2.45, 2.75) is 26.7 Å². The third kappa shape index (κ3) is 1.40. The van der Waals surface area contributed by atoms with Crippen LogP contribution in [0.1, 0.15) is 26.7 Å². The van der Waals surface area contributed by atoms with E-state index in [2.05, 4.69) is 26.0 Å². The summed E-state index contributed by atoms with van der Waals surface area (Å²) in [6.45, 7) is 4.58. The zero-order chi connectivity index (χ0) is 7.56. The second-order valence-corrected chi connectivity index (χ2v) is 4.17. The molecule has 1 atom stereocenters. The monoisotopic (exact) mass is 152 g/mol. The van der Waals surface area contributed by atoms with E-state index >= 15 is 0 Å². The van der Waals surface area contributed by atoms with Gasteiger partial charge in [0.25, 0.3) is 0 Å². The Morgan fingerprint density at radius 3 is 2.70 bits per heavy atom. The molecule has 1 aliphatic carbocycles. The van der Waals surface area contributed by atoms with Crippen molar-refractivity contribution < 1.29 is 0 Å². The third-order valence-corrected chi connectivity index (χ3v) is 3.35. The first-order valence-electron chi connectivity index (χ1n) is 4.13. The molecule has 56 valence electrons. The maximum Gasteiger partial charge on any atom is 0.0384 e. The van der Waals surface area contributed by atoms with Gasteiger partial charge in [0.1, 0.15) is 0 Å². The third-order valence-electron chi connectivity index (χ3n) is 2.36. The summed E-state index contributed by atoms with van der Waals surface area (Å²) in [5.41, 5.74) is 1.63. The minimum atomic E-state index is 0.797. The molecule has 0 aliphatic heterocycles. The zero-order valence-corrected chi connectivity index (χ0v) is 9.15. The Kier molecular flexibility index (Phi) is 2.49. The van der Waals surface area contributed by atoms with E-state index in [0.29, 0.717) is 0 Å². The Labute approximate surface area is 66.4 Å². The summed E-state index contributed by atoms with van der Waals surface area (Å²) in [5.74, 6) is 0.797. The van der Waals surface area contributed by atoms with Crippen LogP contribution in [0.15, 0.2) is 22.9 Å². The highest BCUT2D eigenvalue weighted by atomic mass is 28.1. The zero-order valence-electron chi connectivity index (χ0n) is 7.15. The Hall–Kier alpha value is -0.303. The van der Waals surface area contributed by atoms with Crippen molar-refractivity contribution >= 4 is 10.2 Å². The molecule has 1 rings (SSSR count). The molecule has 1 heteroatoms. The minimum absolute atomic E-state index is 0.797. The van der Waals surface area contributed by atoms with Crippen LogP contribution in [0.5, 0.6) is 0 Å². The van der Waals surface area contributed by atoms with E-state index in [0.717, 1.165) is 5.92 Å². The molecule has 0 saturated heterocycles. The lowest BCUT2D eigenvalue weighted by molar-refractivity contribution is 0.669. The Balaban J connectivity index is 2.65. The van der Waals surface area contributed by atoms with Gasteiger partial charge >= 0.3 is 0 Å². The van der Waals surface area contributed by atoms with E-state index in [4.69, 9.17) is 0 Å². The van der Waals surface area contributed by atoms with Gasteiger partial charge in [0.05, 0.1) is 0 Å². The molecule has 0 aromatic heterocycles. The van der Waals surface area contributed by atoms with E-state index < -0.39 is 0 Å². The van der Waals surface area contributed by atoms with Crippen molar-refractivity contribution in [1.29, 1.82) is 0 Å². The molecule has 1 aliphatic rings. The molecule has 0 bridgehead atoms. The first-order valence-corrected chi connectivity index (χ1v) is 5.13. The molecule has 0 spiro atoms. The van der Waals surface area contributed by atoms with Crippen molar-refractivity contribution in [1.82, 2.24) is 0 Å². The van der Waals surface area contributed by atoms with Gasteiger partial charge in [-0.1, -0.05) is 36.8 Å². The summed E-state index contributed by atoms with van der Waals surface area (Å²) >= 11 is 0. The first-order chi connectivity index (χ1) is 4.75. The molecule has 0 heterocycles. The molecule has 0 N–H and O–H groups in total. The minimum Gasteiger partial charge on any atom is -0.0822 e. The highest BCUT2D eigenvalue weighted by Gasteiger charge is 2.10. The molecule has 0 radical (unpaired) electrons. The maximum absolute atomic E-state index is 2.39. The summed E-state index contributed by atoms with van der Waals surface area (Å²) in [4.78, 5) is 0. The van der Waals surface area contributed by atoms with Crippen molar-refractivity contribution in [3.63, 3.8) is 0 Å². The van der Waals surface area contributed by atoms with Crippen LogP contribution in [0.25, 0.3) is 0 Å². The molecular weight excluding hydrogens is 136 g/mol. The normalized spacial score (nSPS) is 20.6. The van der Waals surface area contributed by atoms with E-state index in [1.54, 1.807) is 10.8 Å². The SMILES string of the molecule is CCC(C)C1=CCC=C1[SiH3]. The van der Waals surface area contributed by atoms with Crippen LogP contribution in [-0.4, -0.2) is 10.2 Å². The standard InChI is InChI=1S/C9H16Si/c1-3-7(2)8-5-4-6-9(8)10/h5-7H,3-4H2,1-2,10H3. The second kappa shape index (κ2) is 3.20. The average molecular weight is 152 g/mol. The van der Waals surface area contributed by atoms with Gasteiger partial charge < -0.3 is 0 Å². The van der Waals surface area contributed by atoms with Crippen LogP contribution in [0.4, 0.5) is 0 Å². The van der Waals surface area contributed by atoms with Gasteiger partial charge in [0.2, 0.25) is 0 Å². The lowest BCUT2D eigenvalue weighted by Crippen LogP contribution is -1.98. The van der Waals surface area contributed by atoms with E-state index in [-0.39, 0.29) is 0 Å². The van der Waals surface area contributed by atoms with E-state index in [1.807, 2.05) is 0 Å². The van der Waals surface area contributed by atoms with Crippen molar-refractivity contribution in [3.8, 4) is 0 Å². The largest absolute Gasteiger partial charge is 0.0822 e. The number of hydrogen-bond acceptors (Lipinski definition) is 0. The molecule has 0 nitrogen and oxygen atoms in total. The van der Waals surface area contributed by atoms with Crippen LogP contribution in [0, 0.1) is 5.92 Å². The van der Waals surface area contributed by atoms with Gasteiger partial charge in [-0.05, 0) is 18.8 Å². The lowest BCUT2D eigenvalue weighted by Gasteiger charge is -2.10. The van der Waals surface area contributed by atoms with Gasteiger partial charge in [0.15, 0.2) is 0 Å². The fourth-order valence-electron chi connectivity index (χ4n) is 1.45. The second-order valence-electron chi connectivity index (χ2n) is 3.09. The van der Waals surface area contributed by atoms with Crippen molar-refractivity contribution in [2.24, 2.45) is 5.92 Å². The predicted octanol–water partition coefficient (Wildman–Crippen LogP) is 1.61. The molecule has 10 heavy (non-hydrogen) atoms. The van der Waals surface area contributed by atoms with Gasteiger partial charge in [0, 0.05) is 10.2 Å². The topological polar surface area (TPSA) is 0 Å². The summed E-state index contributed by atoms with van der Waals surface area (Å²) in [7, 11) is 1.23. The summed E-state index contributed by atoms with van der Waals surface area (Å²) < 4.78 is 0. The van der Waals surface area contributed by atoms with Crippen LogP contribution in [0.3, 0.4) is 0 Å². The lowest BCUT2D eigenvalue weighted by atomic mass is 10.00. The van der Waals surface area contributed by atoms with Crippen LogP contribution >= 0.6 is 0 Å². The van der Waals surface area contributed by atoms with Gasteiger partial charge in [-0.25, -0.2) is 0 Å². The fraction of sp³-hybridized carbons (Fsp3) is 0.556. The number of hydrogen-bond donors (Lipinski definition) is 0. The molecule has 0 aromatic rings. The average Bonchev–Trinajstić information content (AvgIpc) is 2.34. The molecule has 0 aromatic carbocycles. The predicted molar refractivity (Wildman–Crippen MR) is 50.2 cm³/mol. The Bertz CT molecular complexity index is 177. The Morgan fingerprint density at radius 1 is 1.60 bits per heavy atom. The number of allylic oxidation sites excluding steroid dienone is 4. The van der Waals surface area contributed by atoms with Gasteiger partial charge in [-0.15, -0.1) is 0 Å². The molecule has 0 saturated carbocycles. The maximum atomic E-state index is 2.39. The highest BCUT2D eigenvalue weighted by Crippen LogP contribution is 2.25. The van der Waals surface area contributed by atoms with Gasteiger partial charge in [-0.2, -0.15) is 0 Å². The van der Waals surface area contributed by atoms with E-state index in [1.165, 1.54) is 23.1 Å². The first kappa shape index (κ1) is 7.80. The quantitative estimate of drug-likeness (QED) is 0.527. The fourth-order valence-corrected chi connectivity index (χ4v) is 2.38. The molecular formula is C9H16Si. The van der Waals surface area contributed by atoms with Crippen LogP contribution in [0.2, 0.25) is 0 Å². The summed E-state index contributed by atoms with van der Waals surface area (Å²) in [5, 5.41) is 1.63. The summed E-state index contributed by atoms with van der Waals surface area (Å²) in [6, 6.07) is 0. The highest BCUT2D eigenvalue weighted by molar-refractivity contribution is 6.24. The molecule has 0 fully saturated rings. The van der Waals surface area contributed by atoms with E-state index in [9.17, 15) is 0 Å². The Morgan fingerprint density at radius 2 is 2.30 bits per heavy atom.